The van der Waals surface area contributed by atoms with Crippen molar-refractivity contribution >= 4 is 47.6 Å². The molecule has 3 heterocycles. The minimum atomic E-state index is -0.944. The summed E-state index contributed by atoms with van der Waals surface area (Å²) in [6.07, 6.45) is 1.63. The number of amides is 3. The maximum Gasteiger partial charge on any atom is 0.413 e. The average Bonchev–Trinajstić information content (AvgIpc) is 3.44. The molecule has 3 fully saturated rings. The second-order valence-electron chi connectivity index (χ2n) is 11.8. The Morgan fingerprint density at radius 3 is 2.34 bits per heavy atom. The van der Waals surface area contributed by atoms with Gasteiger partial charge in [-0.2, -0.15) is 0 Å². The molecule has 244 valence electrons. The number of hydrogen-bond acceptors (Lipinski definition) is 12. The zero-order valence-electron chi connectivity index (χ0n) is 25.7. The Hall–Kier alpha value is -3.33. The number of likely N-dealkylation sites (N-methyl/N-ethyl adjacent to an activating group) is 1. The lowest BCUT2D eigenvalue weighted by molar-refractivity contribution is -0.172. The second kappa shape index (κ2) is 14.2. The maximum atomic E-state index is 13.3. The number of likely N-dealkylation sites (tertiary alicyclic amines) is 1. The molecular weight excluding hydrogens is 598 g/mol. The molecule has 0 aromatic rings. The highest BCUT2D eigenvalue weighted by atomic mass is 32.2. The van der Waals surface area contributed by atoms with Crippen molar-refractivity contribution in [2.75, 3.05) is 34.2 Å². The number of β-lactam (4-membered cyclic amide) rings is 1. The van der Waals surface area contributed by atoms with E-state index in [1.165, 1.54) is 33.4 Å². The molecule has 2 saturated heterocycles. The predicted molar refractivity (Wildman–Crippen MR) is 154 cm³/mol. The Labute approximate surface area is 260 Å². The van der Waals surface area contributed by atoms with Crippen molar-refractivity contribution in [3.8, 4) is 0 Å². The van der Waals surface area contributed by atoms with Gasteiger partial charge in [0.15, 0.2) is 0 Å². The van der Waals surface area contributed by atoms with Gasteiger partial charge >= 0.3 is 24.0 Å². The molecule has 0 aromatic carbocycles. The monoisotopic (exact) mass is 639 g/mol. The van der Waals surface area contributed by atoms with E-state index in [4.69, 9.17) is 18.9 Å². The normalized spacial score (nSPS) is 26.8. The number of esters is 3. The van der Waals surface area contributed by atoms with Crippen LogP contribution in [0.1, 0.15) is 59.3 Å². The number of aliphatic hydroxyl groups is 1. The lowest BCUT2D eigenvalue weighted by Gasteiger charge is -2.46. The van der Waals surface area contributed by atoms with Crippen molar-refractivity contribution in [1.82, 2.24) is 14.7 Å². The van der Waals surface area contributed by atoms with Crippen LogP contribution in [0.3, 0.4) is 0 Å². The first-order valence-electron chi connectivity index (χ1n) is 14.9. The maximum absolute atomic E-state index is 13.3. The summed E-state index contributed by atoms with van der Waals surface area (Å²) in [6.45, 7) is 4.06. The molecule has 3 unspecified atom stereocenters. The Morgan fingerprint density at radius 1 is 1.07 bits per heavy atom. The molecule has 1 aliphatic carbocycles. The van der Waals surface area contributed by atoms with E-state index in [0.717, 1.165) is 19.3 Å². The molecule has 3 amide bonds. The quantitative estimate of drug-likeness (QED) is 0.186. The lowest BCUT2D eigenvalue weighted by atomic mass is 9.79. The number of rotatable bonds is 12. The van der Waals surface area contributed by atoms with Gasteiger partial charge in [-0.3, -0.25) is 24.1 Å². The molecule has 1 saturated carbocycles. The molecule has 44 heavy (non-hydrogen) atoms. The standard InChI is InChI=1S/C29H41N3O11S/c1-6-8-20(34)40-13-42-28(38)23-24(15(2)22-21(16(3)33)26(36)32(22)23)44-18-11-19(25(35)30(4)5)31(12-18)29(39)43-14-41-27(37)17-9-7-10-17/h15-19,21-22,33H,6-14H2,1-5H3/t15?,16-,18+,19+,21?,22?/m1/s1. The third-order valence-corrected chi connectivity index (χ3v) is 10.00. The predicted octanol–water partition coefficient (Wildman–Crippen LogP) is 1.60. The van der Waals surface area contributed by atoms with Crippen LogP contribution in [0.4, 0.5) is 4.79 Å². The summed E-state index contributed by atoms with van der Waals surface area (Å²) in [5.41, 5.74) is 0.000333. The molecule has 0 bridgehead atoms. The van der Waals surface area contributed by atoms with Crippen molar-refractivity contribution in [3.05, 3.63) is 10.6 Å². The van der Waals surface area contributed by atoms with Crippen molar-refractivity contribution in [2.24, 2.45) is 17.8 Å². The molecule has 14 nitrogen and oxygen atoms in total. The van der Waals surface area contributed by atoms with Crippen LogP contribution in [0.25, 0.3) is 0 Å². The highest BCUT2D eigenvalue weighted by Crippen LogP contribution is 2.52. The van der Waals surface area contributed by atoms with Crippen molar-refractivity contribution in [1.29, 1.82) is 0 Å². The lowest BCUT2D eigenvalue weighted by Crippen LogP contribution is -2.63. The Morgan fingerprint density at radius 2 is 1.75 bits per heavy atom. The largest absolute Gasteiger partial charge is 0.428 e. The van der Waals surface area contributed by atoms with Crippen LogP contribution in [0.2, 0.25) is 0 Å². The van der Waals surface area contributed by atoms with Crippen LogP contribution in [0, 0.1) is 17.8 Å². The summed E-state index contributed by atoms with van der Waals surface area (Å²) >= 11 is 1.26. The summed E-state index contributed by atoms with van der Waals surface area (Å²) in [5.74, 6) is -3.80. The fraction of sp³-hybridized carbons (Fsp3) is 0.724. The van der Waals surface area contributed by atoms with E-state index in [2.05, 4.69) is 0 Å². The van der Waals surface area contributed by atoms with Crippen molar-refractivity contribution in [3.63, 3.8) is 0 Å². The summed E-state index contributed by atoms with van der Waals surface area (Å²) in [5, 5.41) is 9.89. The van der Waals surface area contributed by atoms with Crippen molar-refractivity contribution in [2.45, 2.75) is 82.7 Å². The second-order valence-corrected chi connectivity index (χ2v) is 13.1. The molecule has 4 aliphatic rings. The summed E-state index contributed by atoms with van der Waals surface area (Å²) in [7, 11) is 3.14. The number of fused-ring (bicyclic) bond motifs is 1. The summed E-state index contributed by atoms with van der Waals surface area (Å²) < 4.78 is 20.5. The van der Waals surface area contributed by atoms with Gasteiger partial charge in [-0.15, -0.1) is 11.8 Å². The van der Waals surface area contributed by atoms with Crippen LogP contribution < -0.4 is 0 Å². The first kappa shape index (κ1) is 33.6. The van der Waals surface area contributed by atoms with Crippen LogP contribution in [-0.2, 0) is 42.9 Å². The van der Waals surface area contributed by atoms with E-state index in [1.807, 2.05) is 6.92 Å². The molecule has 15 heteroatoms. The number of ether oxygens (including phenoxy) is 4. The fourth-order valence-corrected chi connectivity index (χ4v) is 7.46. The van der Waals surface area contributed by atoms with Gasteiger partial charge in [0.1, 0.15) is 11.7 Å². The third-order valence-electron chi connectivity index (χ3n) is 8.50. The van der Waals surface area contributed by atoms with Crippen LogP contribution in [0.5, 0.6) is 0 Å². The molecule has 1 N–H and O–H groups in total. The van der Waals surface area contributed by atoms with E-state index in [1.54, 1.807) is 21.0 Å². The third kappa shape index (κ3) is 6.82. The summed E-state index contributed by atoms with van der Waals surface area (Å²) in [6, 6.07) is -1.35. The molecule has 6 atom stereocenters. The fourth-order valence-electron chi connectivity index (χ4n) is 5.94. The average molecular weight is 640 g/mol. The SMILES string of the molecule is CCCC(=O)OCOC(=O)C1=C(S[C@H]2C[C@@H](C(=O)N(C)C)N(C(=O)OCOC(=O)C3CCC3)C2)C(C)C2C([C@@H](C)O)C(=O)N12. The number of thioether (sulfide) groups is 1. The number of hydrogen-bond donors (Lipinski definition) is 1. The minimum Gasteiger partial charge on any atom is -0.428 e. The van der Waals surface area contributed by atoms with Crippen LogP contribution in [0.15, 0.2) is 10.6 Å². The zero-order valence-corrected chi connectivity index (χ0v) is 26.5. The Balaban J connectivity index is 1.50. The van der Waals surface area contributed by atoms with E-state index in [0.29, 0.717) is 11.3 Å². The van der Waals surface area contributed by atoms with E-state index >= 15 is 0 Å². The molecule has 0 aromatic heterocycles. The van der Waals surface area contributed by atoms with Crippen molar-refractivity contribution < 1.29 is 52.8 Å². The highest BCUT2D eigenvalue weighted by Gasteiger charge is 2.60. The first-order chi connectivity index (χ1) is 20.9. The van der Waals surface area contributed by atoms with Gasteiger partial charge in [0, 0.05) is 43.1 Å². The number of carbonyl (C=O) groups is 6. The van der Waals surface area contributed by atoms with Gasteiger partial charge in [0.25, 0.3) is 0 Å². The van der Waals surface area contributed by atoms with E-state index in [9.17, 15) is 33.9 Å². The van der Waals surface area contributed by atoms with Crippen LogP contribution in [-0.4, -0.2) is 113 Å². The molecule has 0 spiro atoms. The smallest absolute Gasteiger partial charge is 0.413 e. The molecule has 0 radical (unpaired) electrons. The van der Waals surface area contributed by atoms with Gasteiger partial charge in [-0.25, -0.2) is 9.59 Å². The molecule has 4 rings (SSSR count). The highest BCUT2D eigenvalue weighted by molar-refractivity contribution is 8.03. The van der Waals surface area contributed by atoms with Gasteiger partial charge in [0.05, 0.1) is 24.0 Å². The molecule has 3 aliphatic heterocycles. The minimum absolute atomic E-state index is 0.000333. The van der Waals surface area contributed by atoms with Gasteiger partial charge in [0.2, 0.25) is 25.4 Å². The number of nitrogens with zero attached hydrogens (tertiary/aromatic N) is 3. The first-order valence-corrected chi connectivity index (χ1v) is 15.8. The Kier molecular flexibility index (Phi) is 10.8. The van der Waals surface area contributed by atoms with E-state index in [-0.39, 0.29) is 48.1 Å². The zero-order chi connectivity index (χ0) is 32.3. The van der Waals surface area contributed by atoms with Gasteiger partial charge < -0.3 is 33.9 Å². The van der Waals surface area contributed by atoms with Crippen LogP contribution >= 0.6 is 11.8 Å². The summed E-state index contributed by atoms with van der Waals surface area (Å²) in [4.78, 5) is 80.7. The topological polar surface area (TPSA) is 169 Å². The number of aliphatic hydroxyl groups excluding tert-OH is 1. The van der Waals surface area contributed by atoms with E-state index < -0.39 is 67.6 Å². The van der Waals surface area contributed by atoms with Gasteiger partial charge in [-0.05, 0) is 32.6 Å². The Bertz CT molecular complexity index is 1200. The number of carbonyl (C=O) groups excluding carboxylic acids is 6. The van der Waals surface area contributed by atoms with Gasteiger partial charge in [-0.1, -0.05) is 20.3 Å². The molecular formula is C29H41N3O11S.